The molecule has 2 aromatic carbocycles. The third kappa shape index (κ3) is 4.15. The zero-order valence-corrected chi connectivity index (χ0v) is 18.0. The molecule has 1 aliphatic heterocycles. The van der Waals surface area contributed by atoms with Crippen molar-refractivity contribution >= 4 is 11.0 Å². The molecule has 0 amide bonds. The minimum atomic E-state index is -1.88. The van der Waals surface area contributed by atoms with Gasteiger partial charge in [-0.1, -0.05) is 0 Å². The van der Waals surface area contributed by atoms with Gasteiger partial charge < -0.3 is 59.5 Å². The van der Waals surface area contributed by atoms with E-state index in [4.69, 9.17) is 18.6 Å². The van der Waals surface area contributed by atoms with Crippen molar-refractivity contribution < 1.29 is 59.5 Å². The number of hydrogen-bond donors (Lipinski definition) is 8. The Labute approximate surface area is 195 Å². The second kappa shape index (κ2) is 9.13. The second-order valence-corrected chi connectivity index (χ2v) is 7.79. The van der Waals surface area contributed by atoms with Crippen LogP contribution in [-0.4, -0.2) is 85.3 Å². The maximum absolute atomic E-state index is 13.4. The highest BCUT2D eigenvalue weighted by Gasteiger charge is 2.45. The molecule has 35 heavy (non-hydrogen) atoms. The van der Waals surface area contributed by atoms with E-state index >= 15 is 0 Å². The molecule has 1 aliphatic rings. The molecule has 0 aliphatic carbocycles. The number of ether oxygens (including phenoxy) is 3. The van der Waals surface area contributed by atoms with Crippen LogP contribution in [0, 0.1) is 0 Å². The Balaban J connectivity index is 1.94. The van der Waals surface area contributed by atoms with E-state index in [1.165, 1.54) is 13.2 Å². The van der Waals surface area contributed by atoms with E-state index in [0.717, 1.165) is 18.2 Å². The highest BCUT2D eigenvalue weighted by molar-refractivity contribution is 5.88. The Morgan fingerprint density at radius 2 is 1.66 bits per heavy atom. The van der Waals surface area contributed by atoms with E-state index in [2.05, 4.69) is 0 Å². The number of aliphatic hydroxyl groups is 4. The monoisotopic (exact) mass is 494 g/mol. The van der Waals surface area contributed by atoms with Crippen LogP contribution in [0.5, 0.6) is 34.5 Å². The summed E-state index contributed by atoms with van der Waals surface area (Å²) in [6, 6.07) is 4.10. The van der Waals surface area contributed by atoms with Crippen LogP contribution in [0.4, 0.5) is 0 Å². The maximum atomic E-state index is 13.4. The summed E-state index contributed by atoms with van der Waals surface area (Å²) in [6.07, 6.45) is -8.53. The van der Waals surface area contributed by atoms with Crippen molar-refractivity contribution in [3.63, 3.8) is 0 Å². The van der Waals surface area contributed by atoms with Crippen LogP contribution in [0.25, 0.3) is 22.3 Å². The van der Waals surface area contributed by atoms with Crippen molar-refractivity contribution in [1.29, 1.82) is 0 Å². The first kappa shape index (κ1) is 24.4. The molecule has 5 atom stereocenters. The summed E-state index contributed by atoms with van der Waals surface area (Å²) in [5.41, 5.74) is -1.35. The number of rotatable bonds is 5. The first-order valence-electron chi connectivity index (χ1n) is 10.2. The lowest BCUT2D eigenvalue weighted by molar-refractivity contribution is -0.277. The predicted molar refractivity (Wildman–Crippen MR) is 116 cm³/mol. The van der Waals surface area contributed by atoms with Gasteiger partial charge in [-0.15, -0.1) is 0 Å². The third-order valence-corrected chi connectivity index (χ3v) is 5.54. The fourth-order valence-electron chi connectivity index (χ4n) is 3.73. The number of hydrogen-bond acceptors (Lipinski definition) is 13. The molecule has 1 saturated heterocycles. The Kier molecular flexibility index (Phi) is 6.36. The van der Waals surface area contributed by atoms with Gasteiger partial charge in [0.25, 0.3) is 0 Å². The van der Waals surface area contributed by atoms with Gasteiger partial charge in [0.05, 0.1) is 13.7 Å². The largest absolute Gasteiger partial charge is 0.508 e. The summed E-state index contributed by atoms with van der Waals surface area (Å²) >= 11 is 0. The van der Waals surface area contributed by atoms with Gasteiger partial charge in [0.2, 0.25) is 23.2 Å². The van der Waals surface area contributed by atoms with Gasteiger partial charge in [0.1, 0.15) is 46.9 Å². The molecule has 188 valence electrons. The molecule has 8 N–H and O–H groups in total. The van der Waals surface area contributed by atoms with Crippen molar-refractivity contribution in [2.45, 2.75) is 30.7 Å². The van der Waals surface area contributed by atoms with Crippen molar-refractivity contribution in [2.24, 2.45) is 0 Å². The molecular weight excluding hydrogens is 472 g/mol. The second-order valence-electron chi connectivity index (χ2n) is 7.79. The van der Waals surface area contributed by atoms with Crippen LogP contribution in [0.3, 0.4) is 0 Å². The van der Waals surface area contributed by atoms with Crippen molar-refractivity contribution in [3.05, 3.63) is 34.5 Å². The smallest absolute Gasteiger partial charge is 0.239 e. The summed E-state index contributed by atoms with van der Waals surface area (Å²) in [4.78, 5) is 13.4. The van der Waals surface area contributed by atoms with E-state index in [1.54, 1.807) is 0 Å². The highest BCUT2D eigenvalue weighted by atomic mass is 16.7. The molecule has 3 aromatic rings. The van der Waals surface area contributed by atoms with Crippen LogP contribution >= 0.6 is 0 Å². The molecule has 13 nitrogen and oxygen atoms in total. The number of benzene rings is 2. The fraction of sp³-hybridized carbons (Fsp3) is 0.318. The van der Waals surface area contributed by atoms with E-state index in [9.17, 15) is 45.6 Å². The maximum Gasteiger partial charge on any atom is 0.239 e. The fourth-order valence-corrected chi connectivity index (χ4v) is 3.73. The number of methoxy groups -OCH3 is 1. The zero-order valence-electron chi connectivity index (χ0n) is 18.0. The molecule has 4 rings (SSSR count). The normalized spacial score (nSPS) is 24.4. The summed E-state index contributed by atoms with van der Waals surface area (Å²) in [5, 5.41) is 79.5. The van der Waals surface area contributed by atoms with Crippen molar-refractivity contribution in [3.8, 4) is 45.8 Å². The van der Waals surface area contributed by atoms with E-state index in [-0.39, 0.29) is 16.9 Å². The lowest BCUT2D eigenvalue weighted by Crippen LogP contribution is -2.60. The lowest BCUT2D eigenvalue weighted by Gasteiger charge is -2.39. The minimum absolute atomic E-state index is 0.0708. The standard InChI is InChI=1S/C22H22O13/c1-32-12-3-7(2-10(26)15(12)27)20-21(17(29)14-9(25)4-8(24)5-11(14)33-20)35-22-19(31)18(30)16(28)13(6-23)34-22/h2-5,13,16,18-19,22-28,30-31H,6H2,1H3/t13-,16-,18+,19-,22+/m0/s1. The van der Waals surface area contributed by atoms with Gasteiger partial charge in [0.15, 0.2) is 17.3 Å². The van der Waals surface area contributed by atoms with E-state index in [1.807, 2.05) is 0 Å². The Hall–Kier alpha value is -3.75. The lowest BCUT2D eigenvalue weighted by atomic mass is 9.99. The quantitative estimate of drug-likeness (QED) is 0.209. The predicted octanol–water partition coefficient (Wildman–Crippen LogP) is -0.530. The van der Waals surface area contributed by atoms with Crippen LogP contribution in [0.15, 0.2) is 33.5 Å². The number of phenolic OH excluding ortho intramolecular Hbond substituents is 4. The zero-order chi connectivity index (χ0) is 25.6. The number of fused-ring (bicyclic) bond motifs is 1. The Morgan fingerprint density at radius 1 is 0.943 bits per heavy atom. The SMILES string of the molecule is COc1cc(-c2oc3cc(O)cc(O)c3c(=O)c2O[C@H]2O[C@@H](CO)[C@H](O)[C@@H](O)[C@@H]2O)cc(O)c1O. The first-order chi connectivity index (χ1) is 16.6. The van der Waals surface area contributed by atoms with E-state index < -0.39 is 82.6 Å². The topological polar surface area (TPSA) is 220 Å². The molecule has 1 fully saturated rings. The van der Waals surface area contributed by atoms with E-state index in [0.29, 0.717) is 0 Å². The molecule has 0 radical (unpaired) electrons. The Morgan fingerprint density at radius 3 is 2.31 bits per heavy atom. The molecule has 0 unspecified atom stereocenters. The Bertz CT molecular complexity index is 1320. The molecule has 0 bridgehead atoms. The van der Waals surface area contributed by atoms with Gasteiger partial charge in [-0.3, -0.25) is 4.79 Å². The number of aliphatic hydroxyl groups excluding tert-OH is 4. The average molecular weight is 494 g/mol. The van der Waals surface area contributed by atoms with Crippen molar-refractivity contribution in [2.75, 3.05) is 13.7 Å². The number of phenols is 4. The number of aromatic hydroxyl groups is 4. The van der Waals surface area contributed by atoms with Crippen molar-refractivity contribution in [1.82, 2.24) is 0 Å². The van der Waals surface area contributed by atoms with Crippen LogP contribution in [0.2, 0.25) is 0 Å². The van der Waals surface area contributed by atoms with Gasteiger partial charge >= 0.3 is 0 Å². The van der Waals surface area contributed by atoms with Crippen LogP contribution in [0.1, 0.15) is 0 Å². The third-order valence-electron chi connectivity index (χ3n) is 5.54. The minimum Gasteiger partial charge on any atom is -0.508 e. The highest BCUT2D eigenvalue weighted by Crippen LogP contribution is 2.43. The summed E-state index contributed by atoms with van der Waals surface area (Å²) in [7, 11) is 1.20. The van der Waals surface area contributed by atoms with Crippen LogP contribution < -0.4 is 14.9 Å². The van der Waals surface area contributed by atoms with Gasteiger partial charge in [-0.2, -0.15) is 0 Å². The van der Waals surface area contributed by atoms with Gasteiger partial charge in [-0.05, 0) is 12.1 Å². The molecule has 0 spiro atoms. The van der Waals surface area contributed by atoms with Gasteiger partial charge in [0, 0.05) is 17.7 Å². The first-order valence-corrected chi connectivity index (χ1v) is 10.2. The van der Waals surface area contributed by atoms with Crippen LogP contribution in [-0.2, 0) is 4.74 Å². The molecule has 2 heterocycles. The molecule has 1 aromatic heterocycles. The molecular formula is C22H22O13. The molecule has 0 saturated carbocycles. The summed E-state index contributed by atoms with van der Waals surface area (Å²) in [6.45, 7) is -0.757. The summed E-state index contributed by atoms with van der Waals surface area (Å²) < 4.78 is 21.6. The summed E-state index contributed by atoms with van der Waals surface area (Å²) in [5.74, 6) is -3.64. The van der Waals surface area contributed by atoms with Gasteiger partial charge in [-0.25, -0.2) is 0 Å². The molecule has 13 heteroatoms. The average Bonchev–Trinajstić information content (AvgIpc) is 2.81.